The van der Waals surface area contributed by atoms with E-state index in [0.717, 1.165) is 21.9 Å². The Hall–Kier alpha value is -2.20. The summed E-state index contributed by atoms with van der Waals surface area (Å²) in [6, 6.07) is 20.4. The summed E-state index contributed by atoms with van der Waals surface area (Å²) < 4.78 is 0. The van der Waals surface area contributed by atoms with Gasteiger partial charge < -0.3 is 10.7 Å². The van der Waals surface area contributed by atoms with Crippen LogP contribution < -0.4 is 5.73 Å². The fourth-order valence-electron chi connectivity index (χ4n) is 2.35. The van der Waals surface area contributed by atoms with Crippen LogP contribution in [0.3, 0.4) is 0 Å². The molecular weight excluding hydrogens is 278 g/mol. The van der Waals surface area contributed by atoms with Crippen molar-refractivity contribution in [2.75, 3.05) is 5.75 Å². The number of H-pyrrole nitrogens is 1. The van der Waals surface area contributed by atoms with Crippen LogP contribution >= 0.6 is 11.8 Å². The highest BCUT2D eigenvalue weighted by Crippen LogP contribution is 2.28. The molecule has 0 aliphatic carbocycles. The predicted octanol–water partition coefficient (Wildman–Crippen LogP) is 3.98. The lowest BCUT2D eigenvalue weighted by Gasteiger charge is -2.14. The van der Waals surface area contributed by atoms with E-state index in [-0.39, 0.29) is 11.8 Å². The van der Waals surface area contributed by atoms with Crippen LogP contribution in [0.15, 0.2) is 65.7 Å². The van der Waals surface area contributed by atoms with Crippen molar-refractivity contribution in [2.45, 2.75) is 10.9 Å². The largest absolute Gasteiger partial charge is 0.387 e. The molecule has 0 radical (unpaired) electrons. The van der Waals surface area contributed by atoms with Crippen LogP contribution in [0.25, 0.3) is 10.9 Å². The van der Waals surface area contributed by atoms with Crippen LogP contribution in [0, 0.1) is 5.41 Å². The first kappa shape index (κ1) is 13.8. The molecule has 106 valence electrons. The summed E-state index contributed by atoms with van der Waals surface area (Å²) in [6.45, 7) is 0. The van der Waals surface area contributed by atoms with E-state index in [1.165, 1.54) is 5.39 Å². The number of hydrogen-bond donors (Lipinski definition) is 3. The Balaban J connectivity index is 1.76. The Morgan fingerprint density at radius 2 is 1.81 bits per heavy atom. The minimum atomic E-state index is -0.0531. The number of rotatable bonds is 5. The normalized spacial score (nSPS) is 12.4. The smallest absolute Gasteiger partial charge is 0.0990 e. The van der Waals surface area contributed by atoms with E-state index in [1.54, 1.807) is 11.8 Å². The van der Waals surface area contributed by atoms with E-state index in [4.69, 9.17) is 11.1 Å². The first-order valence-corrected chi connectivity index (χ1v) is 7.82. The lowest BCUT2D eigenvalue weighted by molar-refractivity contribution is 1.00. The number of aromatic amines is 1. The van der Waals surface area contributed by atoms with E-state index in [0.29, 0.717) is 0 Å². The summed E-state index contributed by atoms with van der Waals surface area (Å²) in [4.78, 5) is 3.39. The molecule has 4 heteroatoms. The number of benzene rings is 2. The second-order valence-electron chi connectivity index (χ2n) is 4.95. The maximum Gasteiger partial charge on any atom is 0.0990 e. The van der Waals surface area contributed by atoms with Crippen molar-refractivity contribution in [3.8, 4) is 0 Å². The van der Waals surface area contributed by atoms with Crippen molar-refractivity contribution in [1.29, 1.82) is 5.41 Å². The van der Waals surface area contributed by atoms with Crippen molar-refractivity contribution in [3.05, 3.63) is 66.2 Å². The Morgan fingerprint density at radius 1 is 1.10 bits per heavy atom. The Morgan fingerprint density at radius 3 is 2.52 bits per heavy atom. The fourth-order valence-corrected chi connectivity index (χ4v) is 3.46. The van der Waals surface area contributed by atoms with E-state index in [1.807, 2.05) is 42.5 Å². The molecule has 2 aromatic carbocycles. The quantitative estimate of drug-likeness (QED) is 0.379. The monoisotopic (exact) mass is 295 g/mol. The van der Waals surface area contributed by atoms with Crippen LogP contribution in [-0.2, 0) is 0 Å². The minimum absolute atomic E-state index is 0.0531. The molecular formula is C17H17N3S. The first-order chi connectivity index (χ1) is 10.2. The third-order valence-corrected chi connectivity index (χ3v) is 4.52. The van der Waals surface area contributed by atoms with Gasteiger partial charge in [0.2, 0.25) is 0 Å². The minimum Gasteiger partial charge on any atom is -0.387 e. The van der Waals surface area contributed by atoms with Gasteiger partial charge in [-0.2, -0.15) is 0 Å². The SMILES string of the molecule is N=C(N)C(CSc1cc2ccccc2[nH]1)c1ccccc1. The Bertz CT molecular complexity index is 716. The van der Waals surface area contributed by atoms with Crippen molar-refractivity contribution < 1.29 is 0 Å². The molecule has 21 heavy (non-hydrogen) atoms. The second kappa shape index (κ2) is 6.06. The molecule has 0 aliphatic heterocycles. The summed E-state index contributed by atoms with van der Waals surface area (Å²) in [5.41, 5.74) is 8.00. The molecule has 3 nitrogen and oxygen atoms in total. The van der Waals surface area contributed by atoms with Crippen molar-refractivity contribution in [1.82, 2.24) is 4.98 Å². The lowest BCUT2D eigenvalue weighted by Crippen LogP contribution is -2.22. The zero-order chi connectivity index (χ0) is 14.7. The molecule has 0 saturated carbocycles. The zero-order valence-electron chi connectivity index (χ0n) is 11.5. The molecule has 3 aromatic rings. The van der Waals surface area contributed by atoms with Gasteiger partial charge in [0.05, 0.1) is 16.8 Å². The van der Waals surface area contributed by atoms with Gasteiger partial charge in [-0.25, -0.2) is 0 Å². The molecule has 1 atom stereocenters. The van der Waals surface area contributed by atoms with Gasteiger partial charge in [0.25, 0.3) is 0 Å². The van der Waals surface area contributed by atoms with Crippen LogP contribution in [-0.4, -0.2) is 16.6 Å². The third kappa shape index (κ3) is 3.11. The maximum absolute atomic E-state index is 7.82. The number of nitrogens with one attached hydrogen (secondary N) is 2. The van der Waals surface area contributed by atoms with Gasteiger partial charge in [0, 0.05) is 16.7 Å². The Labute approximate surface area is 128 Å². The number of para-hydroxylation sites is 1. The van der Waals surface area contributed by atoms with Crippen LogP contribution in [0.4, 0.5) is 0 Å². The summed E-state index contributed by atoms with van der Waals surface area (Å²) >= 11 is 1.70. The van der Waals surface area contributed by atoms with E-state index < -0.39 is 0 Å². The van der Waals surface area contributed by atoms with Crippen LogP contribution in [0.1, 0.15) is 11.5 Å². The standard InChI is InChI=1S/C17H17N3S/c18-17(19)14(12-6-2-1-3-7-12)11-21-16-10-13-8-4-5-9-15(13)20-16/h1-10,14,20H,11H2,(H3,18,19). The van der Waals surface area contributed by atoms with E-state index in [2.05, 4.69) is 23.2 Å². The third-order valence-electron chi connectivity index (χ3n) is 3.49. The average Bonchev–Trinajstić information content (AvgIpc) is 2.91. The number of amidine groups is 1. The molecule has 0 spiro atoms. The molecule has 1 heterocycles. The summed E-state index contributed by atoms with van der Waals surface area (Å²) in [5.74, 6) is 0.916. The summed E-state index contributed by atoms with van der Waals surface area (Å²) in [5, 5.41) is 10.1. The highest BCUT2D eigenvalue weighted by atomic mass is 32.2. The average molecular weight is 295 g/mol. The molecule has 1 unspecified atom stereocenters. The van der Waals surface area contributed by atoms with Crippen molar-refractivity contribution in [2.24, 2.45) is 5.73 Å². The molecule has 0 saturated heterocycles. The first-order valence-electron chi connectivity index (χ1n) is 6.83. The summed E-state index contributed by atoms with van der Waals surface area (Å²) in [6.07, 6.45) is 0. The molecule has 4 N–H and O–H groups in total. The Kier molecular flexibility index (Phi) is 3.97. The highest BCUT2D eigenvalue weighted by Gasteiger charge is 2.15. The van der Waals surface area contributed by atoms with Crippen LogP contribution in [0.5, 0.6) is 0 Å². The number of fused-ring (bicyclic) bond motifs is 1. The lowest BCUT2D eigenvalue weighted by atomic mass is 10.0. The molecule has 0 aliphatic rings. The molecule has 0 amide bonds. The number of hydrogen-bond acceptors (Lipinski definition) is 2. The van der Waals surface area contributed by atoms with Gasteiger partial charge >= 0.3 is 0 Å². The van der Waals surface area contributed by atoms with Gasteiger partial charge in [-0.1, -0.05) is 48.5 Å². The van der Waals surface area contributed by atoms with Crippen molar-refractivity contribution >= 4 is 28.5 Å². The van der Waals surface area contributed by atoms with Gasteiger partial charge in [-0.05, 0) is 17.7 Å². The van der Waals surface area contributed by atoms with Gasteiger partial charge in [-0.15, -0.1) is 11.8 Å². The molecule has 3 rings (SSSR count). The second-order valence-corrected chi connectivity index (χ2v) is 6.01. The maximum atomic E-state index is 7.82. The fraction of sp³-hybridized carbons (Fsp3) is 0.118. The number of nitrogens with two attached hydrogens (primary N) is 1. The highest BCUT2D eigenvalue weighted by molar-refractivity contribution is 7.99. The summed E-state index contributed by atoms with van der Waals surface area (Å²) in [7, 11) is 0. The molecule has 0 fully saturated rings. The number of thioether (sulfide) groups is 1. The zero-order valence-corrected chi connectivity index (χ0v) is 12.4. The van der Waals surface area contributed by atoms with Gasteiger partial charge in [0.15, 0.2) is 0 Å². The topological polar surface area (TPSA) is 65.7 Å². The van der Waals surface area contributed by atoms with Gasteiger partial charge in [-0.3, -0.25) is 5.41 Å². The van der Waals surface area contributed by atoms with Crippen molar-refractivity contribution in [3.63, 3.8) is 0 Å². The number of aromatic nitrogens is 1. The van der Waals surface area contributed by atoms with Crippen LogP contribution in [0.2, 0.25) is 0 Å². The molecule has 0 bridgehead atoms. The molecule has 1 aromatic heterocycles. The van der Waals surface area contributed by atoms with E-state index >= 15 is 0 Å². The van der Waals surface area contributed by atoms with E-state index in [9.17, 15) is 0 Å². The van der Waals surface area contributed by atoms with Gasteiger partial charge in [0.1, 0.15) is 0 Å². The predicted molar refractivity (Wildman–Crippen MR) is 90.1 cm³/mol.